The number of fused-ring (bicyclic) bond motifs is 3. The van der Waals surface area contributed by atoms with E-state index in [4.69, 9.17) is 0 Å². The van der Waals surface area contributed by atoms with Gasteiger partial charge in [-0.2, -0.15) is 5.10 Å². The van der Waals surface area contributed by atoms with Crippen LogP contribution in [-0.2, 0) is 13.0 Å². The SMILES string of the molecule is c1ccc(-c2[nH]nc3ncc4c(c23)CCNC4)cc1. The molecule has 0 saturated carbocycles. The Kier molecular flexibility index (Phi) is 2.35. The van der Waals surface area contributed by atoms with Crippen molar-refractivity contribution in [3.63, 3.8) is 0 Å². The lowest BCUT2D eigenvalue weighted by Crippen LogP contribution is -2.23. The van der Waals surface area contributed by atoms with Gasteiger partial charge in [0.1, 0.15) is 0 Å². The Morgan fingerprint density at radius 1 is 1.11 bits per heavy atom. The summed E-state index contributed by atoms with van der Waals surface area (Å²) in [5, 5.41) is 12.1. The monoisotopic (exact) mass is 250 g/mol. The molecule has 0 aliphatic carbocycles. The first-order chi connectivity index (χ1) is 9.43. The second-order valence-electron chi connectivity index (χ2n) is 4.85. The lowest BCUT2D eigenvalue weighted by molar-refractivity contribution is 0.645. The Morgan fingerprint density at radius 3 is 2.89 bits per heavy atom. The summed E-state index contributed by atoms with van der Waals surface area (Å²) in [7, 11) is 0. The van der Waals surface area contributed by atoms with Crippen LogP contribution in [-0.4, -0.2) is 21.7 Å². The number of pyridine rings is 1. The molecule has 0 fully saturated rings. The Morgan fingerprint density at radius 2 is 2.00 bits per heavy atom. The highest BCUT2D eigenvalue weighted by Gasteiger charge is 2.18. The van der Waals surface area contributed by atoms with E-state index in [1.807, 2.05) is 24.4 Å². The Bertz CT molecular complexity index is 730. The predicted octanol–water partition coefficient (Wildman–Crippen LogP) is 2.27. The molecule has 0 amide bonds. The van der Waals surface area contributed by atoms with Gasteiger partial charge < -0.3 is 5.32 Å². The molecule has 2 aromatic heterocycles. The molecular weight excluding hydrogens is 236 g/mol. The van der Waals surface area contributed by atoms with E-state index < -0.39 is 0 Å². The number of nitrogens with one attached hydrogen (secondary N) is 2. The van der Waals surface area contributed by atoms with Gasteiger partial charge in [-0.1, -0.05) is 30.3 Å². The molecule has 1 aromatic carbocycles. The maximum absolute atomic E-state index is 4.46. The largest absolute Gasteiger partial charge is 0.312 e. The highest BCUT2D eigenvalue weighted by molar-refractivity contribution is 5.94. The fraction of sp³-hybridized carbons (Fsp3) is 0.200. The second kappa shape index (κ2) is 4.17. The first-order valence-corrected chi connectivity index (χ1v) is 6.54. The van der Waals surface area contributed by atoms with E-state index in [1.165, 1.54) is 22.1 Å². The van der Waals surface area contributed by atoms with E-state index >= 15 is 0 Å². The van der Waals surface area contributed by atoms with Gasteiger partial charge in [0.15, 0.2) is 5.65 Å². The number of aromatic amines is 1. The smallest absolute Gasteiger partial charge is 0.181 e. The molecule has 3 aromatic rings. The third-order valence-corrected chi connectivity index (χ3v) is 3.71. The molecule has 3 heterocycles. The van der Waals surface area contributed by atoms with Gasteiger partial charge in [0.2, 0.25) is 0 Å². The second-order valence-corrected chi connectivity index (χ2v) is 4.85. The van der Waals surface area contributed by atoms with Crippen LogP contribution in [0, 0.1) is 0 Å². The first kappa shape index (κ1) is 10.7. The maximum Gasteiger partial charge on any atom is 0.181 e. The zero-order valence-corrected chi connectivity index (χ0v) is 10.5. The van der Waals surface area contributed by atoms with Gasteiger partial charge in [0.05, 0.1) is 11.1 Å². The molecule has 1 aliphatic rings. The van der Waals surface area contributed by atoms with E-state index in [1.54, 1.807) is 0 Å². The van der Waals surface area contributed by atoms with E-state index in [-0.39, 0.29) is 0 Å². The first-order valence-electron chi connectivity index (χ1n) is 6.54. The highest BCUT2D eigenvalue weighted by atomic mass is 15.1. The Balaban J connectivity index is 2.02. The zero-order valence-electron chi connectivity index (χ0n) is 10.5. The van der Waals surface area contributed by atoms with Gasteiger partial charge >= 0.3 is 0 Å². The minimum atomic E-state index is 0.819. The van der Waals surface area contributed by atoms with Gasteiger partial charge in [-0.05, 0) is 24.1 Å². The van der Waals surface area contributed by atoms with Crippen LogP contribution in [0.3, 0.4) is 0 Å². The molecule has 0 atom stereocenters. The molecule has 4 rings (SSSR count). The van der Waals surface area contributed by atoms with Gasteiger partial charge in [0, 0.05) is 18.3 Å². The van der Waals surface area contributed by atoms with Crippen LogP contribution < -0.4 is 5.32 Å². The van der Waals surface area contributed by atoms with Crippen molar-refractivity contribution in [3.05, 3.63) is 47.7 Å². The number of hydrogen-bond acceptors (Lipinski definition) is 3. The average molecular weight is 250 g/mol. The molecular formula is C15H14N4. The third-order valence-electron chi connectivity index (χ3n) is 3.71. The van der Waals surface area contributed by atoms with Crippen molar-refractivity contribution < 1.29 is 0 Å². The predicted molar refractivity (Wildman–Crippen MR) is 74.7 cm³/mol. The molecule has 0 unspecified atom stereocenters. The molecule has 0 radical (unpaired) electrons. The van der Waals surface area contributed by atoms with Crippen molar-refractivity contribution in [1.29, 1.82) is 0 Å². The number of aromatic nitrogens is 3. The Labute approximate surface area is 110 Å². The number of benzene rings is 1. The molecule has 4 heteroatoms. The molecule has 2 N–H and O–H groups in total. The highest BCUT2D eigenvalue weighted by Crippen LogP contribution is 2.30. The molecule has 4 nitrogen and oxygen atoms in total. The fourth-order valence-electron chi connectivity index (χ4n) is 2.78. The van der Waals surface area contributed by atoms with Crippen molar-refractivity contribution in [3.8, 4) is 11.3 Å². The van der Waals surface area contributed by atoms with E-state index in [2.05, 4.69) is 32.6 Å². The van der Waals surface area contributed by atoms with Crippen LogP contribution >= 0.6 is 0 Å². The van der Waals surface area contributed by atoms with Crippen molar-refractivity contribution >= 4 is 11.0 Å². The van der Waals surface area contributed by atoms with Crippen LogP contribution in [0.4, 0.5) is 0 Å². The van der Waals surface area contributed by atoms with Crippen molar-refractivity contribution in [2.45, 2.75) is 13.0 Å². The summed E-state index contributed by atoms with van der Waals surface area (Å²) in [4.78, 5) is 4.46. The van der Waals surface area contributed by atoms with Gasteiger partial charge in [-0.3, -0.25) is 5.10 Å². The Hall–Kier alpha value is -2.20. The van der Waals surface area contributed by atoms with E-state index in [9.17, 15) is 0 Å². The summed E-state index contributed by atoms with van der Waals surface area (Å²) in [6.45, 7) is 1.92. The summed E-state index contributed by atoms with van der Waals surface area (Å²) in [6, 6.07) is 10.3. The molecule has 19 heavy (non-hydrogen) atoms. The van der Waals surface area contributed by atoms with E-state index in [0.29, 0.717) is 0 Å². The molecule has 0 saturated heterocycles. The molecule has 0 spiro atoms. The zero-order chi connectivity index (χ0) is 12.7. The normalized spacial score (nSPS) is 14.5. The van der Waals surface area contributed by atoms with Crippen LogP contribution in [0.2, 0.25) is 0 Å². The number of rotatable bonds is 1. The number of H-pyrrole nitrogens is 1. The number of hydrogen-bond donors (Lipinski definition) is 2. The minimum absolute atomic E-state index is 0.819. The summed E-state index contributed by atoms with van der Waals surface area (Å²) < 4.78 is 0. The van der Waals surface area contributed by atoms with Crippen LogP contribution in [0.15, 0.2) is 36.5 Å². The average Bonchev–Trinajstić information content (AvgIpc) is 2.92. The maximum atomic E-state index is 4.46. The van der Waals surface area contributed by atoms with Crippen molar-refractivity contribution in [1.82, 2.24) is 20.5 Å². The molecule has 1 aliphatic heterocycles. The molecule has 94 valence electrons. The molecule has 0 bridgehead atoms. The van der Waals surface area contributed by atoms with E-state index in [0.717, 1.165) is 30.9 Å². The third kappa shape index (κ3) is 1.64. The van der Waals surface area contributed by atoms with Gasteiger partial charge in [-0.15, -0.1) is 0 Å². The topological polar surface area (TPSA) is 53.6 Å². The quantitative estimate of drug-likeness (QED) is 0.696. The minimum Gasteiger partial charge on any atom is -0.312 e. The number of nitrogens with zero attached hydrogens (tertiary/aromatic N) is 2. The van der Waals surface area contributed by atoms with Gasteiger partial charge in [0.25, 0.3) is 0 Å². The summed E-state index contributed by atoms with van der Waals surface area (Å²) in [5.74, 6) is 0. The fourth-order valence-corrected chi connectivity index (χ4v) is 2.78. The summed E-state index contributed by atoms with van der Waals surface area (Å²) >= 11 is 0. The summed E-state index contributed by atoms with van der Waals surface area (Å²) in [6.07, 6.45) is 2.98. The van der Waals surface area contributed by atoms with Crippen LogP contribution in [0.5, 0.6) is 0 Å². The summed E-state index contributed by atoms with van der Waals surface area (Å²) in [5.41, 5.74) is 5.74. The van der Waals surface area contributed by atoms with Crippen molar-refractivity contribution in [2.24, 2.45) is 0 Å². The van der Waals surface area contributed by atoms with Crippen LogP contribution in [0.25, 0.3) is 22.3 Å². The van der Waals surface area contributed by atoms with Crippen LogP contribution in [0.1, 0.15) is 11.1 Å². The lowest BCUT2D eigenvalue weighted by atomic mass is 9.97. The lowest BCUT2D eigenvalue weighted by Gasteiger charge is -2.17. The van der Waals surface area contributed by atoms with Gasteiger partial charge in [-0.25, -0.2) is 4.98 Å². The van der Waals surface area contributed by atoms with Crippen molar-refractivity contribution in [2.75, 3.05) is 6.54 Å². The standard InChI is InChI=1S/C15H14N4/c1-2-4-10(5-3-1)14-13-12-6-7-16-8-11(12)9-17-15(13)19-18-14/h1-5,9,16H,6-8H2,(H,17,18,19).